The number of aliphatic hydroxyl groups is 1. The molecule has 2 aromatic heterocycles. The third-order valence-electron chi connectivity index (χ3n) is 5.82. The number of ether oxygens (including phenoxy) is 2. The van der Waals surface area contributed by atoms with Gasteiger partial charge in [-0.05, 0) is 37.1 Å². The second-order valence-electron chi connectivity index (χ2n) is 7.92. The minimum atomic E-state index is -1.12. The standard InChI is InChI=1S/C24H22F2N4O3/c25-19-17(8-9-18(20(19)26)33-15-4-2-1-3-5-15)21-22-23(27)28-10-11-30(22)24(29-21)14-6-7-16(12-31)32-13-14/h1-5,8-11,14,16,31H,6-7,12-13H2,(H2,27,28)/t14-,16-/m0/s1. The first-order valence-corrected chi connectivity index (χ1v) is 10.6. The Balaban J connectivity index is 1.57. The zero-order chi connectivity index (χ0) is 22.9. The Bertz CT molecular complexity index is 1290. The molecule has 0 saturated carbocycles. The fourth-order valence-electron chi connectivity index (χ4n) is 4.13. The van der Waals surface area contributed by atoms with Crippen molar-refractivity contribution in [3.8, 4) is 22.8 Å². The first-order chi connectivity index (χ1) is 16.1. The third-order valence-corrected chi connectivity index (χ3v) is 5.82. The van der Waals surface area contributed by atoms with Crippen LogP contribution in [-0.4, -0.2) is 38.8 Å². The molecule has 0 spiro atoms. The molecular formula is C24H22F2N4O3. The molecule has 33 heavy (non-hydrogen) atoms. The van der Waals surface area contributed by atoms with Gasteiger partial charge in [-0.3, -0.25) is 4.40 Å². The highest BCUT2D eigenvalue weighted by molar-refractivity contribution is 5.85. The lowest BCUT2D eigenvalue weighted by molar-refractivity contribution is -0.0282. The average molecular weight is 452 g/mol. The van der Waals surface area contributed by atoms with E-state index in [2.05, 4.69) is 9.97 Å². The van der Waals surface area contributed by atoms with Crippen LogP contribution in [0.5, 0.6) is 11.5 Å². The van der Waals surface area contributed by atoms with E-state index < -0.39 is 11.6 Å². The van der Waals surface area contributed by atoms with E-state index in [0.717, 1.165) is 6.42 Å². The summed E-state index contributed by atoms with van der Waals surface area (Å²) in [7, 11) is 0. The minimum absolute atomic E-state index is 0.0404. The smallest absolute Gasteiger partial charge is 0.201 e. The van der Waals surface area contributed by atoms with Gasteiger partial charge >= 0.3 is 0 Å². The Morgan fingerprint density at radius 2 is 1.94 bits per heavy atom. The maximum atomic E-state index is 15.2. The van der Waals surface area contributed by atoms with Gasteiger partial charge in [0.15, 0.2) is 11.6 Å². The van der Waals surface area contributed by atoms with Crippen LogP contribution in [0.1, 0.15) is 24.6 Å². The number of aromatic nitrogens is 3. The van der Waals surface area contributed by atoms with Crippen LogP contribution in [0.15, 0.2) is 54.9 Å². The molecule has 3 N–H and O–H groups in total. The summed E-state index contributed by atoms with van der Waals surface area (Å²) in [6, 6.07) is 11.4. The highest BCUT2D eigenvalue weighted by Gasteiger charge is 2.29. The van der Waals surface area contributed by atoms with Crippen molar-refractivity contribution in [2.45, 2.75) is 24.9 Å². The van der Waals surface area contributed by atoms with E-state index in [4.69, 9.17) is 15.2 Å². The summed E-state index contributed by atoms with van der Waals surface area (Å²) in [5.41, 5.74) is 6.68. The van der Waals surface area contributed by atoms with Crippen LogP contribution >= 0.6 is 0 Å². The van der Waals surface area contributed by atoms with Crippen LogP contribution in [-0.2, 0) is 4.74 Å². The molecule has 0 bridgehead atoms. The maximum absolute atomic E-state index is 15.2. The molecule has 0 radical (unpaired) electrons. The summed E-state index contributed by atoms with van der Waals surface area (Å²) in [6.07, 6.45) is 4.41. The molecule has 3 heterocycles. The summed E-state index contributed by atoms with van der Waals surface area (Å²) in [6.45, 7) is 0.311. The topological polar surface area (TPSA) is 94.9 Å². The Hall–Kier alpha value is -3.56. The van der Waals surface area contributed by atoms with Crippen molar-refractivity contribution in [1.29, 1.82) is 0 Å². The SMILES string of the molecule is Nc1nccn2c([C@H]3CC[C@@H](CO)OC3)nc(-c3ccc(Oc4ccccc4)c(F)c3F)c12. The summed E-state index contributed by atoms with van der Waals surface area (Å²) >= 11 is 0. The van der Waals surface area contributed by atoms with Crippen molar-refractivity contribution in [3.05, 3.63) is 72.3 Å². The average Bonchev–Trinajstić information content (AvgIpc) is 3.24. The molecule has 0 unspecified atom stereocenters. The Labute approximate surface area is 188 Å². The fourth-order valence-corrected chi connectivity index (χ4v) is 4.13. The predicted molar refractivity (Wildman–Crippen MR) is 118 cm³/mol. The minimum Gasteiger partial charge on any atom is -0.454 e. The largest absolute Gasteiger partial charge is 0.454 e. The monoisotopic (exact) mass is 452 g/mol. The quantitative estimate of drug-likeness (QED) is 0.469. The lowest BCUT2D eigenvalue weighted by Crippen LogP contribution is -2.28. The van der Waals surface area contributed by atoms with Crippen molar-refractivity contribution < 1.29 is 23.4 Å². The van der Waals surface area contributed by atoms with Gasteiger partial charge < -0.3 is 20.3 Å². The molecule has 1 aliphatic rings. The van der Waals surface area contributed by atoms with Gasteiger partial charge in [0.05, 0.1) is 19.3 Å². The normalized spacial score (nSPS) is 18.5. The van der Waals surface area contributed by atoms with E-state index >= 15 is 4.39 Å². The zero-order valence-corrected chi connectivity index (χ0v) is 17.6. The van der Waals surface area contributed by atoms with Gasteiger partial charge in [0.2, 0.25) is 5.82 Å². The number of nitrogens with zero attached hydrogens (tertiary/aromatic N) is 3. The number of imidazole rings is 1. The molecule has 1 fully saturated rings. The van der Waals surface area contributed by atoms with Gasteiger partial charge in [-0.2, -0.15) is 4.39 Å². The van der Waals surface area contributed by atoms with E-state index in [-0.39, 0.29) is 41.5 Å². The van der Waals surface area contributed by atoms with E-state index in [9.17, 15) is 9.50 Å². The van der Waals surface area contributed by atoms with Crippen molar-refractivity contribution >= 4 is 11.3 Å². The third kappa shape index (κ3) is 3.90. The number of aliphatic hydroxyl groups excluding tert-OH is 1. The number of hydrogen-bond donors (Lipinski definition) is 2. The molecule has 9 heteroatoms. The molecule has 2 aromatic carbocycles. The Morgan fingerprint density at radius 3 is 2.67 bits per heavy atom. The Morgan fingerprint density at radius 1 is 1.12 bits per heavy atom. The van der Waals surface area contributed by atoms with E-state index in [1.54, 1.807) is 40.9 Å². The molecule has 1 saturated heterocycles. The number of halogens is 2. The lowest BCUT2D eigenvalue weighted by atomic mass is 9.98. The summed E-state index contributed by atoms with van der Waals surface area (Å²) in [5.74, 6) is -1.36. The van der Waals surface area contributed by atoms with Crippen molar-refractivity contribution in [2.75, 3.05) is 18.9 Å². The Kier molecular flexibility index (Phi) is 5.65. The summed E-state index contributed by atoms with van der Waals surface area (Å²) in [4.78, 5) is 8.78. The van der Waals surface area contributed by atoms with Crippen LogP contribution in [0, 0.1) is 11.6 Å². The first-order valence-electron chi connectivity index (χ1n) is 10.6. The molecule has 0 aliphatic carbocycles. The van der Waals surface area contributed by atoms with E-state index in [1.165, 1.54) is 18.3 Å². The van der Waals surface area contributed by atoms with Gasteiger partial charge in [0.25, 0.3) is 0 Å². The van der Waals surface area contributed by atoms with Gasteiger partial charge in [0, 0.05) is 23.9 Å². The summed E-state index contributed by atoms with van der Waals surface area (Å²) in [5, 5.41) is 9.32. The lowest BCUT2D eigenvalue weighted by Gasteiger charge is -2.27. The van der Waals surface area contributed by atoms with Gasteiger partial charge in [0.1, 0.15) is 28.6 Å². The maximum Gasteiger partial charge on any atom is 0.201 e. The highest BCUT2D eigenvalue weighted by atomic mass is 19.2. The van der Waals surface area contributed by atoms with Crippen molar-refractivity contribution in [1.82, 2.24) is 14.4 Å². The van der Waals surface area contributed by atoms with Gasteiger partial charge in [-0.25, -0.2) is 14.4 Å². The number of nitrogens with two attached hydrogens (primary N) is 1. The number of anilines is 1. The van der Waals surface area contributed by atoms with Crippen molar-refractivity contribution in [2.24, 2.45) is 0 Å². The van der Waals surface area contributed by atoms with Crippen LogP contribution < -0.4 is 10.5 Å². The van der Waals surface area contributed by atoms with Crippen LogP contribution in [0.4, 0.5) is 14.6 Å². The number of rotatable bonds is 5. The number of hydrogen-bond acceptors (Lipinski definition) is 6. The van der Waals surface area contributed by atoms with Crippen LogP contribution in [0.3, 0.4) is 0 Å². The van der Waals surface area contributed by atoms with Gasteiger partial charge in [-0.1, -0.05) is 18.2 Å². The molecule has 0 amide bonds. The van der Waals surface area contributed by atoms with E-state index in [1.807, 2.05) is 0 Å². The van der Waals surface area contributed by atoms with Crippen LogP contribution in [0.2, 0.25) is 0 Å². The molecular weight excluding hydrogens is 430 g/mol. The number of nitrogen functional groups attached to an aromatic ring is 1. The number of para-hydroxylation sites is 1. The molecule has 2 atom stereocenters. The van der Waals surface area contributed by atoms with E-state index in [0.29, 0.717) is 30.1 Å². The fraction of sp³-hybridized carbons (Fsp3) is 0.250. The molecule has 4 aromatic rings. The summed E-state index contributed by atoms with van der Waals surface area (Å²) < 4.78 is 43.1. The van der Waals surface area contributed by atoms with Crippen molar-refractivity contribution in [3.63, 3.8) is 0 Å². The zero-order valence-electron chi connectivity index (χ0n) is 17.6. The molecule has 5 rings (SSSR count). The molecule has 7 nitrogen and oxygen atoms in total. The predicted octanol–water partition coefficient (Wildman–Crippen LogP) is 4.30. The molecule has 1 aliphatic heterocycles. The molecule has 170 valence electrons. The van der Waals surface area contributed by atoms with Crippen LogP contribution in [0.25, 0.3) is 16.8 Å². The number of fused-ring (bicyclic) bond motifs is 1. The highest BCUT2D eigenvalue weighted by Crippen LogP contribution is 2.37. The van der Waals surface area contributed by atoms with Gasteiger partial charge in [-0.15, -0.1) is 0 Å². The second kappa shape index (κ2) is 8.76. The number of benzene rings is 2. The first kappa shape index (κ1) is 21.3. The second-order valence-corrected chi connectivity index (χ2v) is 7.92.